The fraction of sp³-hybridized carbons (Fsp3) is 0.286. The normalized spacial score (nSPS) is 17.4. The summed E-state index contributed by atoms with van der Waals surface area (Å²) in [5.41, 5.74) is 1.00. The topological polar surface area (TPSA) is 102 Å². The number of benzene rings is 1. The molecule has 23 heavy (non-hydrogen) atoms. The third-order valence-corrected chi connectivity index (χ3v) is 4.70. The standard InChI is InChI=1S/C14H11N7OS/c15-7-12-13(10-3-1-2-4-11(10)16-17-12)23-14-18-19-20-21(14)9-5-6-22-8-9/h1-4,9H,5-6,8H2. The zero-order valence-electron chi connectivity index (χ0n) is 12.0. The van der Waals surface area contributed by atoms with Gasteiger partial charge >= 0.3 is 0 Å². The lowest BCUT2D eigenvalue weighted by molar-refractivity contribution is 0.182. The first-order chi connectivity index (χ1) is 11.4. The monoisotopic (exact) mass is 325 g/mol. The SMILES string of the molecule is N#Cc1nnc2ccccc2c1Sc1nnnn1C1CCOC1. The van der Waals surface area contributed by atoms with E-state index >= 15 is 0 Å². The van der Waals surface area contributed by atoms with E-state index in [1.54, 1.807) is 4.68 Å². The van der Waals surface area contributed by atoms with Crippen LogP contribution in [0.15, 0.2) is 34.3 Å². The van der Waals surface area contributed by atoms with Crippen LogP contribution in [-0.4, -0.2) is 43.6 Å². The van der Waals surface area contributed by atoms with Gasteiger partial charge in [-0.1, -0.05) is 18.2 Å². The Morgan fingerprint density at radius 1 is 1.26 bits per heavy atom. The molecule has 0 aliphatic carbocycles. The van der Waals surface area contributed by atoms with Gasteiger partial charge in [0, 0.05) is 12.0 Å². The fourth-order valence-electron chi connectivity index (χ4n) is 2.49. The van der Waals surface area contributed by atoms with Crippen molar-refractivity contribution in [1.82, 2.24) is 30.4 Å². The number of nitrogens with zero attached hydrogens (tertiary/aromatic N) is 7. The summed E-state index contributed by atoms with van der Waals surface area (Å²) < 4.78 is 7.16. The van der Waals surface area contributed by atoms with Crippen LogP contribution in [0.1, 0.15) is 18.2 Å². The van der Waals surface area contributed by atoms with Crippen molar-refractivity contribution in [3.63, 3.8) is 0 Å². The van der Waals surface area contributed by atoms with E-state index in [-0.39, 0.29) is 11.7 Å². The number of tetrazole rings is 1. The number of ether oxygens (including phenoxy) is 1. The smallest absolute Gasteiger partial charge is 0.214 e. The lowest BCUT2D eigenvalue weighted by Crippen LogP contribution is -2.11. The Balaban J connectivity index is 1.79. The van der Waals surface area contributed by atoms with Gasteiger partial charge in [-0.3, -0.25) is 0 Å². The molecule has 4 rings (SSSR count). The van der Waals surface area contributed by atoms with Crippen molar-refractivity contribution in [2.75, 3.05) is 13.2 Å². The van der Waals surface area contributed by atoms with Crippen LogP contribution in [0.2, 0.25) is 0 Å². The van der Waals surface area contributed by atoms with Crippen LogP contribution in [-0.2, 0) is 4.74 Å². The van der Waals surface area contributed by atoms with Crippen molar-refractivity contribution >= 4 is 22.7 Å². The second kappa shape index (κ2) is 5.91. The Labute approximate surface area is 135 Å². The summed E-state index contributed by atoms with van der Waals surface area (Å²) in [6, 6.07) is 9.79. The minimum absolute atomic E-state index is 0.124. The van der Waals surface area contributed by atoms with Crippen LogP contribution in [0, 0.1) is 11.3 Å². The molecule has 8 nitrogen and oxygen atoms in total. The molecule has 1 unspecified atom stereocenters. The van der Waals surface area contributed by atoms with E-state index in [1.165, 1.54) is 11.8 Å². The molecule has 114 valence electrons. The molecule has 0 N–H and O–H groups in total. The third kappa shape index (κ3) is 2.52. The van der Waals surface area contributed by atoms with Gasteiger partial charge in [0.25, 0.3) is 0 Å². The van der Waals surface area contributed by atoms with Gasteiger partial charge in [0.15, 0.2) is 5.69 Å². The summed E-state index contributed by atoms with van der Waals surface area (Å²) in [7, 11) is 0. The maximum atomic E-state index is 9.34. The molecule has 3 aromatic rings. The highest BCUT2D eigenvalue weighted by Gasteiger charge is 2.24. The van der Waals surface area contributed by atoms with Gasteiger partial charge in [-0.05, 0) is 34.7 Å². The third-order valence-electron chi connectivity index (χ3n) is 3.63. The highest BCUT2D eigenvalue weighted by atomic mass is 32.2. The highest BCUT2D eigenvalue weighted by Crippen LogP contribution is 2.34. The highest BCUT2D eigenvalue weighted by molar-refractivity contribution is 7.99. The van der Waals surface area contributed by atoms with Crippen LogP contribution < -0.4 is 0 Å². The molecule has 0 spiro atoms. The maximum Gasteiger partial charge on any atom is 0.214 e. The van der Waals surface area contributed by atoms with Crippen LogP contribution in [0.5, 0.6) is 0 Å². The predicted molar refractivity (Wildman–Crippen MR) is 80.7 cm³/mol. The van der Waals surface area contributed by atoms with Gasteiger partial charge in [0.1, 0.15) is 6.07 Å². The fourth-order valence-corrected chi connectivity index (χ4v) is 3.50. The van der Waals surface area contributed by atoms with E-state index in [0.717, 1.165) is 17.3 Å². The minimum atomic E-state index is 0.124. The van der Waals surface area contributed by atoms with Crippen molar-refractivity contribution in [2.45, 2.75) is 22.5 Å². The molecule has 0 bridgehead atoms. The summed E-state index contributed by atoms with van der Waals surface area (Å²) in [5, 5.41) is 30.8. The summed E-state index contributed by atoms with van der Waals surface area (Å²) >= 11 is 1.33. The van der Waals surface area contributed by atoms with Gasteiger partial charge in [-0.2, -0.15) is 5.26 Å². The molecule has 9 heteroatoms. The van der Waals surface area contributed by atoms with Gasteiger partial charge in [-0.15, -0.1) is 15.3 Å². The molecule has 1 aliphatic rings. The van der Waals surface area contributed by atoms with Crippen molar-refractivity contribution in [3.8, 4) is 6.07 Å². The van der Waals surface area contributed by atoms with Gasteiger partial charge in [0.2, 0.25) is 5.16 Å². The van der Waals surface area contributed by atoms with E-state index in [2.05, 4.69) is 31.8 Å². The Morgan fingerprint density at radius 2 is 2.17 bits per heavy atom. The summed E-state index contributed by atoms with van der Waals surface area (Å²) in [4.78, 5) is 0.716. The Bertz CT molecular complexity index is 898. The molecule has 1 saturated heterocycles. The van der Waals surface area contributed by atoms with E-state index in [9.17, 15) is 5.26 Å². The average molecular weight is 325 g/mol. The number of hydrogen-bond acceptors (Lipinski definition) is 8. The van der Waals surface area contributed by atoms with E-state index < -0.39 is 0 Å². The molecule has 1 fully saturated rings. The Hall–Kier alpha value is -2.57. The van der Waals surface area contributed by atoms with Crippen molar-refractivity contribution in [1.29, 1.82) is 5.26 Å². The second-order valence-electron chi connectivity index (χ2n) is 5.03. The van der Waals surface area contributed by atoms with E-state index in [4.69, 9.17) is 4.74 Å². The molecule has 1 atom stereocenters. The summed E-state index contributed by atoms with van der Waals surface area (Å²) in [6.07, 6.45) is 0.874. The molecule has 0 amide bonds. The van der Waals surface area contributed by atoms with Gasteiger partial charge in [0.05, 0.1) is 23.1 Å². The van der Waals surface area contributed by atoms with Crippen LogP contribution in [0.25, 0.3) is 10.9 Å². The first-order valence-corrected chi connectivity index (χ1v) is 7.87. The lowest BCUT2D eigenvalue weighted by atomic mass is 10.2. The van der Waals surface area contributed by atoms with Crippen LogP contribution in [0.3, 0.4) is 0 Å². The molecule has 0 saturated carbocycles. The summed E-state index contributed by atoms with van der Waals surface area (Å²) in [5.74, 6) is 0. The van der Waals surface area contributed by atoms with Crippen LogP contribution >= 0.6 is 11.8 Å². The number of hydrogen-bond donors (Lipinski definition) is 0. The lowest BCUT2D eigenvalue weighted by Gasteiger charge is -2.10. The first-order valence-electron chi connectivity index (χ1n) is 7.06. The van der Waals surface area contributed by atoms with Crippen molar-refractivity contribution < 1.29 is 4.74 Å². The molecule has 3 heterocycles. The predicted octanol–water partition coefficient (Wildman–Crippen LogP) is 1.60. The second-order valence-corrected chi connectivity index (χ2v) is 6.01. The van der Waals surface area contributed by atoms with Crippen molar-refractivity contribution in [2.24, 2.45) is 0 Å². The maximum absolute atomic E-state index is 9.34. The number of rotatable bonds is 3. The van der Waals surface area contributed by atoms with Gasteiger partial charge in [-0.25, -0.2) is 4.68 Å². The molecular weight excluding hydrogens is 314 g/mol. The first kappa shape index (κ1) is 14.0. The molecule has 1 aliphatic heterocycles. The molecule has 1 aromatic carbocycles. The summed E-state index contributed by atoms with van der Waals surface area (Å²) in [6.45, 7) is 1.30. The number of nitriles is 1. The Kier molecular flexibility index (Phi) is 3.61. The largest absolute Gasteiger partial charge is 0.379 e. The van der Waals surface area contributed by atoms with Crippen molar-refractivity contribution in [3.05, 3.63) is 30.0 Å². The zero-order chi connectivity index (χ0) is 15.6. The van der Waals surface area contributed by atoms with E-state index in [0.29, 0.717) is 23.3 Å². The number of fused-ring (bicyclic) bond motifs is 1. The van der Waals surface area contributed by atoms with Gasteiger partial charge < -0.3 is 4.74 Å². The van der Waals surface area contributed by atoms with Crippen LogP contribution in [0.4, 0.5) is 0 Å². The molecular formula is C14H11N7OS. The number of aromatic nitrogens is 6. The average Bonchev–Trinajstić information content (AvgIpc) is 3.26. The Morgan fingerprint density at radius 3 is 3.00 bits per heavy atom. The molecule has 2 aromatic heterocycles. The van der Waals surface area contributed by atoms with E-state index in [1.807, 2.05) is 24.3 Å². The quantitative estimate of drug-likeness (QED) is 0.715. The zero-order valence-corrected chi connectivity index (χ0v) is 12.8. The minimum Gasteiger partial charge on any atom is -0.379 e. The molecule has 0 radical (unpaired) electrons.